The average Bonchev–Trinajstić information content (AvgIpc) is 2.53. The van der Waals surface area contributed by atoms with Gasteiger partial charge in [-0.3, -0.25) is 0 Å². The molecule has 0 aromatic heterocycles. The van der Waals surface area contributed by atoms with Crippen LogP contribution in [0.5, 0.6) is 5.75 Å². The van der Waals surface area contributed by atoms with Crippen molar-refractivity contribution in [3.63, 3.8) is 0 Å². The summed E-state index contributed by atoms with van der Waals surface area (Å²) in [6.45, 7) is 5.19. The number of methoxy groups -OCH3 is 1. The molecular weight excluding hydrogens is 250 g/mol. The molecule has 3 nitrogen and oxygen atoms in total. The molecule has 1 aliphatic rings. The number of hydrogen-bond donors (Lipinski definition) is 0. The molecule has 1 fully saturated rings. The van der Waals surface area contributed by atoms with Gasteiger partial charge in [0.05, 0.1) is 7.11 Å². The molecule has 110 valence electrons. The third-order valence-corrected chi connectivity index (χ3v) is 4.36. The van der Waals surface area contributed by atoms with Crippen molar-refractivity contribution in [2.45, 2.75) is 32.1 Å². The van der Waals surface area contributed by atoms with Crippen LogP contribution in [-0.2, 0) is 4.79 Å². The molecule has 1 aromatic rings. The molecule has 0 saturated carbocycles. The molecule has 0 N–H and O–H groups in total. The Morgan fingerprint density at radius 3 is 2.75 bits per heavy atom. The van der Waals surface area contributed by atoms with Crippen LogP contribution in [0, 0.1) is 5.92 Å². The highest BCUT2D eigenvalue weighted by Gasteiger charge is 2.22. The van der Waals surface area contributed by atoms with Gasteiger partial charge in [0.15, 0.2) is 0 Å². The van der Waals surface area contributed by atoms with Crippen molar-refractivity contribution < 1.29 is 9.53 Å². The van der Waals surface area contributed by atoms with E-state index in [1.54, 1.807) is 7.11 Å². The van der Waals surface area contributed by atoms with Crippen LogP contribution >= 0.6 is 0 Å². The van der Waals surface area contributed by atoms with Gasteiger partial charge >= 0.3 is 0 Å². The molecule has 0 bridgehead atoms. The van der Waals surface area contributed by atoms with Gasteiger partial charge in [0.25, 0.3) is 0 Å². The Labute approximate surface area is 121 Å². The predicted molar refractivity (Wildman–Crippen MR) is 81.3 cm³/mol. The number of nitrogens with zero attached hydrogens (tertiary/aromatic N) is 1. The topological polar surface area (TPSA) is 29.5 Å². The smallest absolute Gasteiger partial charge is 0.124 e. The van der Waals surface area contributed by atoms with Crippen LogP contribution in [0.4, 0.5) is 0 Å². The number of aldehydes is 1. The summed E-state index contributed by atoms with van der Waals surface area (Å²) in [5, 5.41) is 0. The van der Waals surface area contributed by atoms with E-state index >= 15 is 0 Å². The maximum absolute atomic E-state index is 10.9. The lowest BCUT2D eigenvalue weighted by Crippen LogP contribution is -2.36. The Kier molecular flexibility index (Phi) is 5.60. The van der Waals surface area contributed by atoms with Crippen molar-refractivity contribution >= 4 is 6.29 Å². The zero-order valence-corrected chi connectivity index (χ0v) is 12.5. The maximum atomic E-state index is 10.9. The zero-order valence-electron chi connectivity index (χ0n) is 12.5. The van der Waals surface area contributed by atoms with Gasteiger partial charge in [-0.25, -0.2) is 0 Å². The summed E-state index contributed by atoms with van der Waals surface area (Å²) in [7, 11) is 1.71. The first kappa shape index (κ1) is 15.0. The first-order valence-corrected chi connectivity index (χ1v) is 7.58. The van der Waals surface area contributed by atoms with Gasteiger partial charge in [0, 0.05) is 12.5 Å². The van der Waals surface area contributed by atoms with E-state index in [4.69, 9.17) is 4.74 Å². The summed E-state index contributed by atoms with van der Waals surface area (Å²) in [4.78, 5) is 13.4. The number of likely N-dealkylation sites (tertiary alicyclic amines) is 1. The molecule has 1 atom stereocenters. The van der Waals surface area contributed by atoms with Gasteiger partial charge in [-0.2, -0.15) is 0 Å². The number of hydrogen-bond acceptors (Lipinski definition) is 3. The number of rotatable bonds is 6. The fraction of sp³-hybridized carbons (Fsp3) is 0.588. The molecule has 1 aliphatic heterocycles. The summed E-state index contributed by atoms with van der Waals surface area (Å²) >= 11 is 0. The molecule has 0 amide bonds. The van der Waals surface area contributed by atoms with Crippen LogP contribution in [-0.4, -0.2) is 37.9 Å². The van der Waals surface area contributed by atoms with Crippen LogP contribution < -0.4 is 4.74 Å². The summed E-state index contributed by atoms with van der Waals surface area (Å²) < 4.78 is 5.30. The fourth-order valence-electron chi connectivity index (χ4n) is 2.94. The van der Waals surface area contributed by atoms with Crippen LogP contribution in [0.2, 0.25) is 0 Å². The minimum Gasteiger partial charge on any atom is -0.497 e. The Balaban J connectivity index is 1.88. The third-order valence-electron chi connectivity index (χ3n) is 4.36. The minimum absolute atomic E-state index is 0.198. The average molecular weight is 275 g/mol. The van der Waals surface area contributed by atoms with Crippen molar-refractivity contribution in [2.24, 2.45) is 5.92 Å². The Morgan fingerprint density at radius 2 is 2.15 bits per heavy atom. The van der Waals surface area contributed by atoms with Crippen molar-refractivity contribution in [3.05, 3.63) is 29.8 Å². The highest BCUT2D eigenvalue weighted by atomic mass is 16.5. The number of carbonyl (C=O) groups is 1. The second kappa shape index (κ2) is 7.44. The van der Waals surface area contributed by atoms with Crippen LogP contribution in [0.15, 0.2) is 24.3 Å². The Bertz CT molecular complexity index is 425. The maximum Gasteiger partial charge on any atom is 0.124 e. The summed E-state index contributed by atoms with van der Waals surface area (Å²) in [5.41, 5.74) is 1.38. The molecule has 3 heteroatoms. The van der Waals surface area contributed by atoms with E-state index in [1.807, 2.05) is 6.07 Å². The van der Waals surface area contributed by atoms with Crippen LogP contribution in [0.1, 0.15) is 37.7 Å². The van der Waals surface area contributed by atoms with E-state index in [1.165, 1.54) is 18.4 Å². The lowest BCUT2D eigenvalue weighted by Gasteiger charge is -2.33. The van der Waals surface area contributed by atoms with Crippen LogP contribution in [0.25, 0.3) is 0 Å². The SMILES string of the molecule is CCC(C=O)CN1CCC(c2cccc(OC)c2)CC1. The number of carbonyl (C=O) groups excluding carboxylic acids is 1. The molecule has 1 unspecified atom stereocenters. The van der Waals surface area contributed by atoms with Gasteiger partial charge in [-0.1, -0.05) is 19.1 Å². The molecule has 2 rings (SSSR count). The van der Waals surface area contributed by atoms with Gasteiger partial charge < -0.3 is 14.4 Å². The molecule has 1 aromatic carbocycles. The summed E-state index contributed by atoms with van der Waals surface area (Å²) in [6.07, 6.45) is 4.39. The number of piperidine rings is 1. The molecular formula is C17H25NO2. The van der Waals surface area contributed by atoms with Gasteiger partial charge in [-0.05, 0) is 56.0 Å². The van der Waals surface area contributed by atoms with Gasteiger partial charge in [0.2, 0.25) is 0 Å². The van der Waals surface area contributed by atoms with Crippen molar-refractivity contribution in [3.8, 4) is 5.75 Å². The van der Waals surface area contributed by atoms with E-state index in [9.17, 15) is 4.79 Å². The lowest BCUT2D eigenvalue weighted by atomic mass is 9.89. The first-order valence-electron chi connectivity index (χ1n) is 7.58. The van der Waals surface area contributed by atoms with E-state index in [2.05, 4.69) is 30.0 Å². The van der Waals surface area contributed by atoms with Crippen molar-refractivity contribution in [2.75, 3.05) is 26.7 Å². The highest BCUT2D eigenvalue weighted by Crippen LogP contribution is 2.30. The van der Waals surface area contributed by atoms with E-state index in [-0.39, 0.29) is 5.92 Å². The number of ether oxygens (including phenoxy) is 1. The fourth-order valence-corrected chi connectivity index (χ4v) is 2.94. The van der Waals surface area contributed by atoms with Crippen LogP contribution in [0.3, 0.4) is 0 Å². The molecule has 1 saturated heterocycles. The van der Waals surface area contributed by atoms with Crippen molar-refractivity contribution in [1.82, 2.24) is 4.90 Å². The monoisotopic (exact) mass is 275 g/mol. The second-order valence-corrected chi connectivity index (χ2v) is 5.66. The minimum atomic E-state index is 0.198. The first-order chi connectivity index (χ1) is 9.76. The van der Waals surface area contributed by atoms with Crippen molar-refractivity contribution in [1.29, 1.82) is 0 Å². The molecule has 20 heavy (non-hydrogen) atoms. The third kappa shape index (κ3) is 3.83. The highest BCUT2D eigenvalue weighted by molar-refractivity contribution is 5.53. The largest absolute Gasteiger partial charge is 0.497 e. The summed E-state index contributed by atoms with van der Waals surface area (Å²) in [5.74, 6) is 1.76. The predicted octanol–water partition coefficient (Wildman–Crippen LogP) is 3.10. The Morgan fingerprint density at radius 1 is 1.40 bits per heavy atom. The standard InChI is InChI=1S/C17H25NO2/c1-3-14(13-19)12-18-9-7-15(8-10-18)16-5-4-6-17(11-16)20-2/h4-6,11,13-15H,3,7-10,12H2,1-2H3. The Hall–Kier alpha value is -1.35. The van der Waals surface area contributed by atoms with Gasteiger partial charge in [-0.15, -0.1) is 0 Å². The second-order valence-electron chi connectivity index (χ2n) is 5.66. The number of benzene rings is 1. The quantitative estimate of drug-likeness (QED) is 0.747. The van der Waals surface area contributed by atoms with E-state index in [0.29, 0.717) is 5.92 Å². The van der Waals surface area contributed by atoms with E-state index in [0.717, 1.165) is 38.1 Å². The molecule has 0 radical (unpaired) electrons. The van der Waals surface area contributed by atoms with Gasteiger partial charge in [0.1, 0.15) is 12.0 Å². The summed E-state index contributed by atoms with van der Waals surface area (Å²) in [6, 6.07) is 8.41. The normalized spacial score (nSPS) is 18.7. The molecule has 0 spiro atoms. The molecule has 1 heterocycles. The molecule has 0 aliphatic carbocycles. The lowest BCUT2D eigenvalue weighted by molar-refractivity contribution is -0.111. The van der Waals surface area contributed by atoms with E-state index < -0.39 is 0 Å². The zero-order chi connectivity index (χ0) is 14.4.